The highest BCUT2D eigenvalue weighted by atomic mass is 32.1. The quantitative estimate of drug-likeness (QED) is 0.593. The summed E-state index contributed by atoms with van der Waals surface area (Å²) in [6, 6.07) is 9.18. The smallest absolute Gasteiger partial charge is 0.338 e. The first-order chi connectivity index (χ1) is 9.70. The molecule has 4 nitrogen and oxygen atoms in total. The first-order valence-electron chi connectivity index (χ1n) is 5.98. The second-order valence-electron chi connectivity index (χ2n) is 4.27. The average molecular weight is 285 g/mol. The molecule has 0 spiro atoms. The number of fused-ring (bicyclic) bond motifs is 1. The Labute approximate surface area is 119 Å². The number of aromatic amines is 1. The molecule has 0 unspecified atom stereocenters. The number of nitrogens with one attached hydrogen (secondary N) is 1. The van der Waals surface area contributed by atoms with E-state index in [0.717, 1.165) is 10.9 Å². The second kappa shape index (κ2) is 4.94. The molecular formula is C15H11NO3S. The van der Waals surface area contributed by atoms with Crippen molar-refractivity contribution >= 4 is 34.0 Å². The Bertz CT molecular complexity index is 800. The number of carbonyl (C=O) groups is 2. The van der Waals surface area contributed by atoms with Gasteiger partial charge in [-0.2, -0.15) is 0 Å². The van der Waals surface area contributed by atoms with Crippen molar-refractivity contribution in [2.24, 2.45) is 0 Å². The fourth-order valence-electron chi connectivity index (χ4n) is 2.07. The number of methoxy groups -OCH3 is 1. The zero-order valence-corrected chi connectivity index (χ0v) is 11.5. The molecular weight excluding hydrogens is 274 g/mol. The third-order valence-electron chi connectivity index (χ3n) is 3.08. The number of ketones is 1. The molecule has 0 saturated carbocycles. The van der Waals surface area contributed by atoms with Gasteiger partial charge in [-0.25, -0.2) is 4.79 Å². The van der Waals surface area contributed by atoms with Crippen molar-refractivity contribution in [3.63, 3.8) is 0 Å². The molecule has 2 heterocycles. The van der Waals surface area contributed by atoms with E-state index in [9.17, 15) is 9.59 Å². The van der Waals surface area contributed by atoms with Gasteiger partial charge in [-0.1, -0.05) is 18.2 Å². The van der Waals surface area contributed by atoms with Crippen LogP contribution in [0.1, 0.15) is 25.6 Å². The Hall–Kier alpha value is -2.40. The number of thiophene rings is 1. The van der Waals surface area contributed by atoms with E-state index in [2.05, 4.69) is 9.72 Å². The van der Waals surface area contributed by atoms with Gasteiger partial charge in [-0.15, -0.1) is 11.3 Å². The molecule has 0 atom stereocenters. The lowest BCUT2D eigenvalue weighted by Crippen LogP contribution is -2.00. The maximum absolute atomic E-state index is 12.5. The fourth-order valence-corrected chi connectivity index (χ4v) is 2.90. The molecule has 5 heteroatoms. The van der Waals surface area contributed by atoms with Crippen LogP contribution in [-0.4, -0.2) is 23.8 Å². The summed E-state index contributed by atoms with van der Waals surface area (Å²) in [5.74, 6) is -0.526. The molecule has 3 aromatic rings. The Kier molecular flexibility index (Phi) is 3.12. The van der Waals surface area contributed by atoms with Crippen molar-refractivity contribution in [3.8, 4) is 0 Å². The standard InChI is InChI=1S/C15H11NO3S/c1-19-15(18)9-6-13(20-8-9)14(17)11-7-16-12-5-3-2-4-10(11)12/h2-8,16H,1H3. The van der Waals surface area contributed by atoms with Crippen LogP contribution in [0.25, 0.3) is 10.9 Å². The molecule has 0 fully saturated rings. The van der Waals surface area contributed by atoms with Crippen molar-refractivity contribution in [1.82, 2.24) is 4.98 Å². The van der Waals surface area contributed by atoms with E-state index in [1.807, 2.05) is 24.3 Å². The molecule has 100 valence electrons. The van der Waals surface area contributed by atoms with Crippen LogP contribution in [0.5, 0.6) is 0 Å². The number of esters is 1. The van der Waals surface area contributed by atoms with Crippen LogP contribution in [-0.2, 0) is 4.74 Å². The number of H-pyrrole nitrogens is 1. The van der Waals surface area contributed by atoms with E-state index in [1.54, 1.807) is 17.6 Å². The largest absolute Gasteiger partial charge is 0.465 e. The first kappa shape index (κ1) is 12.6. The van der Waals surface area contributed by atoms with Crippen molar-refractivity contribution in [2.45, 2.75) is 0 Å². The Balaban J connectivity index is 2.00. The van der Waals surface area contributed by atoms with Gasteiger partial charge in [-0.3, -0.25) is 4.79 Å². The highest BCUT2D eigenvalue weighted by Crippen LogP contribution is 2.24. The Morgan fingerprint density at radius 2 is 2.05 bits per heavy atom. The van der Waals surface area contributed by atoms with Gasteiger partial charge in [-0.05, 0) is 12.1 Å². The summed E-state index contributed by atoms with van der Waals surface area (Å²) in [4.78, 5) is 27.5. The molecule has 20 heavy (non-hydrogen) atoms. The third-order valence-corrected chi connectivity index (χ3v) is 4.01. The van der Waals surface area contributed by atoms with Crippen LogP contribution < -0.4 is 0 Å². The minimum atomic E-state index is -0.431. The number of ether oxygens (including phenoxy) is 1. The average Bonchev–Trinajstić information content (AvgIpc) is 3.12. The molecule has 0 aliphatic heterocycles. The predicted octanol–water partition coefficient (Wildman–Crippen LogP) is 3.25. The van der Waals surface area contributed by atoms with Crippen LogP contribution in [0.4, 0.5) is 0 Å². The van der Waals surface area contributed by atoms with Gasteiger partial charge in [0.25, 0.3) is 0 Å². The molecule has 0 aliphatic rings. The molecule has 0 radical (unpaired) electrons. The van der Waals surface area contributed by atoms with Crippen molar-refractivity contribution in [2.75, 3.05) is 7.11 Å². The molecule has 3 rings (SSSR count). The van der Waals surface area contributed by atoms with Gasteiger partial charge < -0.3 is 9.72 Å². The summed E-state index contributed by atoms with van der Waals surface area (Å²) < 4.78 is 4.64. The van der Waals surface area contributed by atoms with Crippen LogP contribution >= 0.6 is 11.3 Å². The Morgan fingerprint density at radius 3 is 2.85 bits per heavy atom. The van der Waals surface area contributed by atoms with E-state index in [-0.39, 0.29) is 5.78 Å². The van der Waals surface area contributed by atoms with Crippen molar-refractivity contribution in [3.05, 3.63) is 57.9 Å². The van der Waals surface area contributed by atoms with Crippen LogP contribution in [0.3, 0.4) is 0 Å². The van der Waals surface area contributed by atoms with Crippen LogP contribution in [0.15, 0.2) is 41.9 Å². The lowest BCUT2D eigenvalue weighted by molar-refractivity contribution is 0.0601. The third kappa shape index (κ3) is 2.02. The van der Waals surface area contributed by atoms with E-state index in [0.29, 0.717) is 16.0 Å². The summed E-state index contributed by atoms with van der Waals surface area (Å²) >= 11 is 1.24. The summed E-state index contributed by atoms with van der Waals surface area (Å²) in [6.07, 6.45) is 1.70. The van der Waals surface area contributed by atoms with Gasteiger partial charge in [0.2, 0.25) is 5.78 Å². The number of benzene rings is 1. The summed E-state index contributed by atoms with van der Waals surface area (Å²) in [6.45, 7) is 0. The molecule has 0 bridgehead atoms. The van der Waals surface area contributed by atoms with Gasteiger partial charge in [0.05, 0.1) is 17.6 Å². The van der Waals surface area contributed by atoms with Gasteiger partial charge in [0.15, 0.2) is 0 Å². The van der Waals surface area contributed by atoms with Gasteiger partial charge in [0.1, 0.15) is 0 Å². The zero-order valence-electron chi connectivity index (χ0n) is 10.7. The maximum Gasteiger partial charge on any atom is 0.338 e. The van der Waals surface area contributed by atoms with E-state index in [1.165, 1.54) is 18.4 Å². The number of carbonyl (C=O) groups excluding carboxylic acids is 2. The molecule has 2 aromatic heterocycles. The summed E-state index contributed by atoms with van der Waals surface area (Å²) in [5.41, 5.74) is 1.93. The minimum absolute atomic E-state index is 0.0948. The number of hydrogen-bond acceptors (Lipinski definition) is 4. The molecule has 0 aliphatic carbocycles. The predicted molar refractivity (Wildman–Crippen MR) is 77.4 cm³/mol. The van der Waals surface area contributed by atoms with Gasteiger partial charge >= 0.3 is 5.97 Å². The van der Waals surface area contributed by atoms with Crippen molar-refractivity contribution in [1.29, 1.82) is 0 Å². The lowest BCUT2D eigenvalue weighted by Gasteiger charge is -1.96. The van der Waals surface area contributed by atoms with Gasteiger partial charge in [0, 0.05) is 28.0 Å². The molecule has 1 N–H and O–H groups in total. The number of para-hydroxylation sites is 1. The lowest BCUT2D eigenvalue weighted by atomic mass is 10.1. The van der Waals surface area contributed by atoms with E-state index in [4.69, 9.17) is 0 Å². The monoisotopic (exact) mass is 285 g/mol. The SMILES string of the molecule is COC(=O)c1csc(C(=O)c2c[nH]c3ccccc23)c1. The first-order valence-corrected chi connectivity index (χ1v) is 6.86. The van der Waals surface area contributed by atoms with Crippen molar-refractivity contribution < 1.29 is 14.3 Å². The summed E-state index contributed by atoms with van der Waals surface area (Å²) in [7, 11) is 1.32. The topological polar surface area (TPSA) is 59.2 Å². The van der Waals surface area contributed by atoms with Crippen LogP contribution in [0.2, 0.25) is 0 Å². The maximum atomic E-state index is 12.5. The zero-order chi connectivity index (χ0) is 14.1. The number of aromatic nitrogens is 1. The second-order valence-corrected chi connectivity index (χ2v) is 5.18. The van der Waals surface area contributed by atoms with Crippen LogP contribution in [0, 0.1) is 0 Å². The molecule has 0 amide bonds. The van der Waals surface area contributed by atoms with E-state index < -0.39 is 5.97 Å². The summed E-state index contributed by atoms with van der Waals surface area (Å²) in [5, 5.41) is 2.51. The molecule has 1 aromatic carbocycles. The Morgan fingerprint density at radius 1 is 1.25 bits per heavy atom. The number of rotatable bonds is 3. The highest BCUT2D eigenvalue weighted by molar-refractivity contribution is 7.12. The highest BCUT2D eigenvalue weighted by Gasteiger charge is 2.18. The van der Waals surface area contributed by atoms with E-state index >= 15 is 0 Å². The normalized spacial score (nSPS) is 10.7. The minimum Gasteiger partial charge on any atom is -0.465 e. The number of hydrogen-bond donors (Lipinski definition) is 1. The molecule has 0 saturated heterocycles. The fraction of sp³-hybridized carbons (Fsp3) is 0.0667.